The second kappa shape index (κ2) is 6.69. The molecule has 0 aliphatic rings. The first-order chi connectivity index (χ1) is 8.99. The Morgan fingerprint density at radius 2 is 2.21 bits per heavy atom. The van der Waals surface area contributed by atoms with E-state index in [4.69, 9.17) is 4.74 Å². The van der Waals surface area contributed by atoms with Crippen molar-refractivity contribution in [1.82, 2.24) is 5.32 Å². The summed E-state index contributed by atoms with van der Waals surface area (Å²) in [7, 11) is 1.64. The molecule has 1 unspecified atom stereocenters. The number of carbonyl (C=O) groups is 1. The minimum absolute atomic E-state index is 0.153. The van der Waals surface area contributed by atoms with Crippen molar-refractivity contribution < 1.29 is 14.5 Å². The maximum atomic E-state index is 11.7. The number of nitro groups is 1. The number of benzene rings is 1. The lowest BCUT2D eigenvalue weighted by Gasteiger charge is -2.12. The van der Waals surface area contributed by atoms with Crippen molar-refractivity contribution in [3.63, 3.8) is 0 Å². The normalized spacial score (nSPS) is 11.7. The molecule has 104 valence electrons. The molecular weight excluding hydrogens is 250 g/mol. The van der Waals surface area contributed by atoms with Gasteiger partial charge in [-0.15, -0.1) is 0 Å². The van der Waals surface area contributed by atoms with Gasteiger partial charge in [-0.2, -0.15) is 0 Å². The lowest BCUT2D eigenvalue weighted by Crippen LogP contribution is -2.35. The fraction of sp³-hybridized carbons (Fsp3) is 0.417. The van der Waals surface area contributed by atoms with Gasteiger partial charge in [0.2, 0.25) is 5.91 Å². The highest BCUT2D eigenvalue weighted by molar-refractivity contribution is 5.96. The summed E-state index contributed by atoms with van der Waals surface area (Å²) in [5, 5.41) is 16.3. The number of nitro benzene ring substituents is 1. The number of hydrogen-bond acceptors (Lipinski definition) is 5. The molecule has 0 heterocycles. The van der Waals surface area contributed by atoms with Gasteiger partial charge in [-0.25, -0.2) is 0 Å². The van der Waals surface area contributed by atoms with Gasteiger partial charge >= 0.3 is 0 Å². The number of nitrogens with one attached hydrogen (secondary N) is 2. The van der Waals surface area contributed by atoms with Crippen molar-refractivity contribution in [2.24, 2.45) is 0 Å². The average Bonchev–Trinajstić information content (AvgIpc) is 2.39. The van der Waals surface area contributed by atoms with Crippen LogP contribution in [0.3, 0.4) is 0 Å². The predicted octanol–water partition coefficient (Wildman–Crippen LogP) is 1.54. The fourth-order valence-corrected chi connectivity index (χ4v) is 1.40. The maximum Gasteiger partial charge on any atom is 0.296 e. The Labute approximate surface area is 111 Å². The summed E-state index contributed by atoms with van der Waals surface area (Å²) < 4.78 is 5.20. The van der Waals surface area contributed by atoms with E-state index in [1.54, 1.807) is 27.0 Å². The van der Waals surface area contributed by atoms with Crippen LogP contribution in [0.5, 0.6) is 5.75 Å². The molecule has 0 radical (unpaired) electrons. The van der Waals surface area contributed by atoms with Crippen molar-refractivity contribution >= 4 is 17.3 Å². The molecule has 1 atom stereocenters. The minimum atomic E-state index is -0.553. The molecule has 1 aromatic rings. The third-order valence-electron chi connectivity index (χ3n) is 2.56. The van der Waals surface area contributed by atoms with Crippen LogP contribution in [-0.2, 0) is 4.79 Å². The maximum absolute atomic E-state index is 11.7. The fourth-order valence-electron chi connectivity index (χ4n) is 1.40. The molecule has 0 spiro atoms. The number of likely N-dealkylation sites (N-methyl/N-ethyl adjacent to an activating group) is 1. The summed E-state index contributed by atoms with van der Waals surface area (Å²) in [5.74, 6) is 0.0589. The summed E-state index contributed by atoms with van der Waals surface area (Å²) in [6.45, 7) is 3.87. The van der Waals surface area contributed by atoms with Gasteiger partial charge < -0.3 is 15.4 Å². The van der Waals surface area contributed by atoms with Crippen LogP contribution in [0.4, 0.5) is 11.4 Å². The standard InChI is InChI=1S/C12H17N3O4/c1-4-19-9-5-6-10(11(7-9)15(17)18)14-12(16)8(2)13-3/h5-8,13H,4H2,1-3H3,(H,14,16). The number of carbonyl (C=O) groups excluding carboxylic acids is 1. The van der Waals surface area contributed by atoms with Gasteiger partial charge in [0.1, 0.15) is 11.4 Å². The van der Waals surface area contributed by atoms with Crippen LogP contribution in [0.25, 0.3) is 0 Å². The van der Waals surface area contributed by atoms with Crippen LogP contribution in [0.15, 0.2) is 18.2 Å². The van der Waals surface area contributed by atoms with Crippen molar-refractivity contribution in [3.05, 3.63) is 28.3 Å². The zero-order chi connectivity index (χ0) is 14.4. The van der Waals surface area contributed by atoms with Gasteiger partial charge in [-0.05, 0) is 33.0 Å². The molecule has 19 heavy (non-hydrogen) atoms. The Morgan fingerprint density at radius 1 is 1.53 bits per heavy atom. The number of ether oxygens (including phenoxy) is 1. The monoisotopic (exact) mass is 267 g/mol. The van der Waals surface area contributed by atoms with Crippen LogP contribution < -0.4 is 15.4 Å². The third kappa shape index (κ3) is 3.92. The Kier molecular flexibility index (Phi) is 5.25. The van der Waals surface area contributed by atoms with Crippen molar-refractivity contribution in [1.29, 1.82) is 0 Å². The SMILES string of the molecule is CCOc1ccc(NC(=O)C(C)NC)c([N+](=O)[O-])c1. The Morgan fingerprint density at radius 3 is 2.74 bits per heavy atom. The number of rotatable bonds is 6. The first kappa shape index (κ1) is 14.9. The van der Waals surface area contributed by atoms with E-state index in [9.17, 15) is 14.9 Å². The van der Waals surface area contributed by atoms with E-state index >= 15 is 0 Å². The number of amides is 1. The van der Waals surface area contributed by atoms with E-state index in [1.165, 1.54) is 12.1 Å². The van der Waals surface area contributed by atoms with Crippen molar-refractivity contribution in [2.75, 3.05) is 19.0 Å². The summed E-state index contributed by atoms with van der Waals surface area (Å²) in [6.07, 6.45) is 0. The van der Waals surface area contributed by atoms with Crippen molar-refractivity contribution in [2.45, 2.75) is 19.9 Å². The molecule has 1 rings (SSSR count). The van der Waals surface area contributed by atoms with Crippen LogP contribution >= 0.6 is 0 Å². The molecule has 7 nitrogen and oxygen atoms in total. The number of nitrogens with zero attached hydrogens (tertiary/aromatic N) is 1. The molecule has 0 bridgehead atoms. The van der Waals surface area contributed by atoms with Crippen molar-refractivity contribution in [3.8, 4) is 5.75 Å². The average molecular weight is 267 g/mol. The van der Waals surface area contributed by atoms with Gasteiger partial charge in [0.25, 0.3) is 5.69 Å². The van der Waals surface area contributed by atoms with E-state index in [0.29, 0.717) is 12.4 Å². The molecule has 1 amide bonds. The van der Waals surface area contributed by atoms with Crippen LogP contribution in [0.1, 0.15) is 13.8 Å². The third-order valence-corrected chi connectivity index (χ3v) is 2.56. The molecule has 0 saturated carbocycles. The highest BCUT2D eigenvalue weighted by atomic mass is 16.6. The Balaban J connectivity index is 3.00. The zero-order valence-corrected chi connectivity index (χ0v) is 11.1. The molecule has 0 aromatic heterocycles. The summed E-state index contributed by atoms with van der Waals surface area (Å²) >= 11 is 0. The largest absolute Gasteiger partial charge is 0.494 e. The quantitative estimate of drug-likeness (QED) is 0.602. The predicted molar refractivity (Wildman–Crippen MR) is 71.4 cm³/mol. The number of anilines is 1. The highest BCUT2D eigenvalue weighted by Crippen LogP contribution is 2.29. The molecule has 0 aliphatic carbocycles. The van der Waals surface area contributed by atoms with Gasteiger partial charge in [-0.1, -0.05) is 0 Å². The minimum Gasteiger partial charge on any atom is -0.494 e. The topological polar surface area (TPSA) is 93.5 Å². The van der Waals surface area contributed by atoms with Crippen LogP contribution in [0, 0.1) is 10.1 Å². The van der Waals surface area contributed by atoms with Gasteiger partial charge in [-0.3, -0.25) is 14.9 Å². The molecule has 0 saturated heterocycles. The molecule has 7 heteroatoms. The first-order valence-corrected chi connectivity index (χ1v) is 5.89. The molecular formula is C12H17N3O4. The first-order valence-electron chi connectivity index (χ1n) is 5.89. The van der Waals surface area contributed by atoms with Gasteiger partial charge in [0.05, 0.1) is 23.6 Å². The summed E-state index contributed by atoms with van der Waals surface area (Å²) in [5.41, 5.74) is -0.0387. The Bertz CT molecular complexity index is 476. The second-order valence-electron chi connectivity index (χ2n) is 3.87. The zero-order valence-electron chi connectivity index (χ0n) is 11.1. The van der Waals surface area contributed by atoms with E-state index in [1.807, 2.05) is 0 Å². The van der Waals surface area contributed by atoms with E-state index in [0.717, 1.165) is 0 Å². The van der Waals surface area contributed by atoms with Gasteiger partial charge in [0.15, 0.2) is 0 Å². The van der Waals surface area contributed by atoms with E-state index in [2.05, 4.69) is 10.6 Å². The second-order valence-corrected chi connectivity index (χ2v) is 3.87. The molecule has 1 aromatic carbocycles. The Hall–Kier alpha value is -2.15. The smallest absolute Gasteiger partial charge is 0.296 e. The molecule has 2 N–H and O–H groups in total. The van der Waals surface area contributed by atoms with Crippen LogP contribution in [-0.4, -0.2) is 30.5 Å². The van der Waals surface area contributed by atoms with Crippen LogP contribution in [0.2, 0.25) is 0 Å². The van der Waals surface area contributed by atoms with Gasteiger partial charge in [0, 0.05) is 0 Å². The summed E-state index contributed by atoms with van der Waals surface area (Å²) in [4.78, 5) is 22.1. The molecule has 0 aliphatic heterocycles. The van der Waals surface area contributed by atoms with E-state index in [-0.39, 0.29) is 17.3 Å². The highest BCUT2D eigenvalue weighted by Gasteiger charge is 2.19. The number of hydrogen-bond donors (Lipinski definition) is 2. The lowest BCUT2D eigenvalue weighted by atomic mass is 10.2. The lowest BCUT2D eigenvalue weighted by molar-refractivity contribution is -0.384. The summed E-state index contributed by atoms with van der Waals surface area (Å²) in [6, 6.07) is 3.90. The van der Waals surface area contributed by atoms with E-state index < -0.39 is 11.0 Å². The molecule has 0 fully saturated rings.